The van der Waals surface area contributed by atoms with E-state index in [2.05, 4.69) is 26.3 Å². The Kier molecular flexibility index (Phi) is 19.4. The normalized spacial score (nSPS) is 11.1. The molecule has 0 saturated carbocycles. The monoisotopic (exact) mass is 472 g/mol. The van der Waals surface area contributed by atoms with Crippen molar-refractivity contribution in [3.8, 4) is 0 Å². The van der Waals surface area contributed by atoms with Gasteiger partial charge >= 0.3 is 6.09 Å². The quantitative estimate of drug-likeness (QED) is 0.248. The number of nitrogens with one attached hydrogen (secondary N) is 1. The highest BCUT2D eigenvalue weighted by atomic mass is 35.5. The number of anilines is 1. The summed E-state index contributed by atoms with van der Waals surface area (Å²) in [6, 6.07) is 9.23. The van der Waals surface area contributed by atoms with E-state index in [1.807, 2.05) is 30.3 Å². The van der Waals surface area contributed by atoms with Crippen molar-refractivity contribution >= 4 is 11.8 Å². The molecule has 186 valence electrons. The van der Waals surface area contributed by atoms with E-state index in [4.69, 9.17) is 14.2 Å². The summed E-state index contributed by atoms with van der Waals surface area (Å²) in [5.41, 5.74) is 0.713. The highest BCUT2D eigenvalue weighted by molar-refractivity contribution is 5.84. The lowest BCUT2D eigenvalue weighted by Gasteiger charge is -2.29. The van der Waals surface area contributed by atoms with Gasteiger partial charge in [0.1, 0.15) is 13.2 Å². The second-order valence-corrected chi connectivity index (χ2v) is 8.71. The molecule has 32 heavy (non-hydrogen) atoms. The summed E-state index contributed by atoms with van der Waals surface area (Å²) in [6.45, 7) is 6.89. The van der Waals surface area contributed by atoms with Gasteiger partial charge in [-0.1, -0.05) is 63.6 Å². The van der Waals surface area contributed by atoms with Gasteiger partial charge in [-0.15, -0.1) is 0 Å². The number of carbonyl (C=O) groups excluding carboxylic acids is 1. The lowest BCUT2D eigenvalue weighted by Crippen LogP contribution is -3.00. The van der Waals surface area contributed by atoms with Gasteiger partial charge in [-0.2, -0.15) is 0 Å². The first-order valence-electron chi connectivity index (χ1n) is 12.0. The molecule has 1 N–H and O–H groups in total. The highest BCUT2D eigenvalue weighted by Crippen LogP contribution is 2.10. The third-order valence-corrected chi connectivity index (χ3v) is 5.31. The standard InChI is InChI=1S/C25H44N2O4.ClH/c1-4-5-6-7-8-9-10-14-17-27(2,3)18-19-29-20-21-30-22-23-31-25(28)26-24-15-12-11-13-16-24;/h11-13,15-16H,4-10,14,17-23H2,1-3H3;1H. The second-order valence-electron chi connectivity index (χ2n) is 8.71. The van der Waals surface area contributed by atoms with E-state index in [0.717, 1.165) is 17.6 Å². The molecule has 0 bridgehead atoms. The number of hydrogen-bond donors (Lipinski definition) is 1. The molecular weight excluding hydrogens is 428 g/mol. The van der Waals surface area contributed by atoms with Crippen LogP contribution in [0.3, 0.4) is 0 Å². The Bertz CT molecular complexity index is 558. The Labute approximate surface area is 202 Å². The fourth-order valence-electron chi connectivity index (χ4n) is 3.29. The lowest BCUT2D eigenvalue weighted by molar-refractivity contribution is -0.891. The molecule has 0 heterocycles. The van der Waals surface area contributed by atoms with Crippen LogP contribution in [0.25, 0.3) is 0 Å². The van der Waals surface area contributed by atoms with E-state index in [0.29, 0.717) is 25.5 Å². The van der Waals surface area contributed by atoms with Crippen LogP contribution in [0, 0.1) is 0 Å². The second kappa shape index (κ2) is 20.3. The van der Waals surface area contributed by atoms with Crippen molar-refractivity contribution in [2.24, 2.45) is 0 Å². The average molecular weight is 473 g/mol. The van der Waals surface area contributed by atoms with Crippen LogP contribution in [0.5, 0.6) is 0 Å². The van der Waals surface area contributed by atoms with Crippen molar-refractivity contribution in [1.29, 1.82) is 0 Å². The fraction of sp³-hybridized carbons (Fsp3) is 0.720. The number of unbranched alkanes of at least 4 members (excludes halogenated alkanes) is 7. The summed E-state index contributed by atoms with van der Waals surface area (Å²) >= 11 is 0. The Morgan fingerprint density at radius 1 is 0.781 bits per heavy atom. The summed E-state index contributed by atoms with van der Waals surface area (Å²) in [5.74, 6) is 0. The lowest BCUT2D eigenvalue weighted by atomic mass is 10.1. The number of rotatable bonds is 19. The van der Waals surface area contributed by atoms with E-state index in [1.165, 1.54) is 57.9 Å². The van der Waals surface area contributed by atoms with Gasteiger partial charge in [0.25, 0.3) is 0 Å². The van der Waals surface area contributed by atoms with Gasteiger partial charge in [0.2, 0.25) is 0 Å². The first-order valence-corrected chi connectivity index (χ1v) is 12.0. The van der Waals surface area contributed by atoms with E-state index in [9.17, 15) is 4.79 Å². The number of likely N-dealkylation sites (N-methyl/N-ethyl adjacent to an activating group) is 1. The van der Waals surface area contributed by atoms with Crippen LogP contribution in [0.15, 0.2) is 30.3 Å². The fourth-order valence-corrected chi connectivity index (χ4v) is 3.29. The molecule has 1 amide bonds. The average Bonchev–Trinajstić information content (AvgIpc) is 2.75. The molecule has 6 nitrogen and oxygen atoms in total. The van der Waals surface area contributed by atoms with Crippen LogP contribution in [0.4, 0.5) is 10.5 Å². The SMILES string of the molecule is CCCCCCCCCC[N+](C)(C)CCOCCOCCOC(=O)Nc1ccccc1.[Cl-]. The number of halogens is 1. The van der Waals surface area contributed by atoms with Crippen LogP contribution in [-0.4, -0.2) is 70.8 Å². The van der Waals surface area contributed by atoms with Gasteiger partial charge in [0.05, 0.1) is 47.1 Å². The zero-order valence-electron chi connectivity index (χ0n) is 20.5. The Hall–Kier alpha value is -1.34. The molecule has 1 aromatic rings. The Morgan fingerprint density at radius 3 is 2.00 bits per heavy atom. The predicted molar refractivity (Wildman–Crippen MR) is 128 cm³/mol. The van der Waals surface area contributed by atoms with Gasteiger partial charge in [0.15, 0.2) is 0 Å². The summed E-state index contributed by atoms with van der Waals surface area (Å²) < 4.78 is 17.2. The minimum absolute atomic E-state index is 0. The number of hydrogen-bond acceptors (Lipinski definition) is 4. The largest absolute Gasteiger partial charge is 1.00 e. The molecular formula is C25H45ClN2O4. The topological polar surface area (TPSA) is 56.8 Å². The molecule has 1 aromatic carbocycles. The zero-order chi connectivity index (χ0) is 22.6. The minimum Gasteiger partial charge on any atom is -1.00 e. The maximum atomic E-state index is 11.6. The first-order chi connectivity index (χ1) is 15.0. The number of ether oxygens (including phenoxy) is 3. The maximum Gasteiger partial charge on any atom is 0.411 e. The highest BCUT2D eigenvalue weighted by Gasteiger charge is 2.13. The molecule has 0 saturated heterocycles. The maximum absolute atomic E-state index is 11.6. The summed E-state index contributed by atoms with van der Waals surface area (Å²) in [4.78, 5) is 11.6. The third kappa shape index (κ3) is 18.3. The molecule has 0 aromatic heterocycles. The van der Waals surface area contributed by atoms with Crippen molar-refractivity contribution in [3.63, 3.8) is 0 Å². The number of nitrogens with zero attached hydrogens (tertiary/aromatic N) is 1. The number of carbonyl (C=O) groups is 1. The zero-order valence-corrected chi connectivity index (χ0v) is 21.2. The first kappa shape index (κ1) is 30.7. The molecule has 7 heteroatoms. The van der Waals surface area contributed by atoms with E-state index >= 15 is 0 Å². The van der Waals surface area contributed by atoms with E-state index in [-0.39, 0.29) is 19.0 Å². The van der Waals surface area contributed by atoms with Crippen LogP contribution in [-0.2, 0) is 14.2 Å². The third-order valence-electron chi connectivity index (χ3n) is 5.31. The van der Waals surface area contributed by atoms with Crippen molar-refractivity contribution in [2.75, 3.05) is 65.5 Å². The van der Waals surface area contributed by atoms with Gasteiger partial charge in [-0.05, 0) is 25.0 Å². The van der Waals surface area contributed by atoms with E-state index in [1.54, 1.807) is 0 Å². The Balaban J connectivity index is 0.00000961. The van der Waals surface area contributed by atoms with Gasteiger partial charge in [-0.3, -0.25) is 5.32 Å². The molecule has 0 aliphatic carbocycles. The number of para-hydroxylation sites is 1. The van der Waals surface area contributed by atoms with E-state index < -0.39 is 6.09 Å². The van der Waals surface area contributed by atoms with Gasteiger partial charge in [0, 0.05) is 5.69 Å². The van der Waals surface area contributed by atoms with Crippen LogP contribution in [0.1, 0.15) is 58.3 Å². The van der Waals surface area contributed by atoms with Crippen molar-refractivity contribution in [2.45, 2.75) is 58.3 Å². The molecule has 1 rings (SSSR count). The van der Waals surface area contributed by atoms with Crippen molar-refractivity contribution in [3.05, 3.63) is 30.3 Å². The number of benzene rings is 1. The minimum atomic E-state index is -0.470. The van der Waals surface area contributed by atoms with Crippen molar-refractivity contribution in [1.82, 2.24) is 0 Å². The summed E-state index contributed by atoms with van der Waals surface area (Å²) in [5, 5.41) is 2.66. The Morgan fingerprint density at radius 2 is 1.34 bits per heavy atom. The molecule has 0 atom stereocenters. The molecule has 0 spiro atoms. The molecule has 0 radical (unpaired) electrons. The van der Waals surface area contributed by atoms with Crippen LogP contribution < -0.4 is 17.7 Å². The molecule has 0 unspecified atom stereocenters. The van der Waals surface area contributed by atoms with Crippen LogP contribution in [0.2, 0.25) is 0 Å². The van der Waals surface area contributed by atoms with Crippen molar-refractivity contribution < 1.29 is 35.9 Å². The smallest absolute Gasteiger partial charge is 0.411 e. The van der Waals surface area contributed by atoms with Gasteiger partial charge < -0.3 is 31.1 Å². The molecule has 0 fully saturated rings. The predicted octanol–water partition coefficient (Wildman–Crippen LogP) is 2.49. The number of quaternary nitrogens is 1. The molecule has 0 aliphatic rings. The van der Waals surface area contributed by atoms with Gasteiger partial charge in [-0.25, -0.2) is 4.79 Å². The summed E-state index contributed by atoms with van der Waals surface area (Å²) in [6.07, 6.45) is 10.4. The summed E-state index contributed by atoms with van der Waals surface area (Å²) in [7, 11) is 4.55. The van der Waals surface area contributed by atoms with Crippen LogP contribution >= 0.6 is 0 Å². The molecule has 0 aliphatic heterocycles. The number of amides is 1.